The summed E-state index contributed by atoms with van der Waals surface area (Å²) < 4.78 is 10.6. The van der Waals surface area contributed by atoms with Crippen LogP contribution in [0.1, 0.15) is 37.1 Å². The molecule has 0 saturated heterocycles. The van der Waals surface area contributed by atoms with Crippen molar-refractivity contribution in [2.75, 3.05) is 14.2 Å². The Bertz CT molecular complexity index is 392. The number of hydrogen-bond donors (Lipinski definition) is 0. The molecule has 0 aliphatic carbocycles. The highest BCUT2D eigenvalue weighted by atomic mass is 79.9. The Balaban J connectivity index is 3.20. The fourth-order valence-corrected chi connectivity index (χ4v) is 3.53. The minimum Gasteiger partial charge on any atom is -0.495 e. The Labute approximate surface area is 123 Å². The molecular weight excluding hydrogens is 316 g/mol. The fourth-order valence-electron chi connectivity index (χ4n) is 2.09. The second-order valence-electron chi connectivity index (χ2n) is 4.18. The van der Waals surface area contributed by atoms with Crippen LogP contribution in [-0.2, 0) is 0 Å². The number of ether oxygens (including phenoxy) is 2. The second-order valence-corrected chi connectivity index (χ2v) is 5.55. The predicted molar refractivity (Wildman–Crippen MR) is 80.3 cm³/mol. The summed E-state index contributed by atoms with van der Waals surface area (Å²) in [6, 6.07) is 3.90. The van der Waals surface area contributed by atoms with E-state index in [0.717, 1.165) is 18.4 Å². The molecule has 0 aliphatic heterocycles. The van der Waals surface area contributed by atoms with E-state index < -0.39 is 0 Å². The van der Waals surface area contributed by atoms with E-state index in [2.05, 4.69) is 29.8 Å². The van der Waals surface area contributed by atoms with Gasteiger partial charge in [0, 0.05) is 10.4 Å². The first-order chi connectivity index (χ1) is 8.60. The summed E-state index contributed by atoms with van der Waals surface area (Å²) in [5, 5.41) is 0.535. The largest absolute Gasteiger partial charge is 0.495 e. The van der Waals surface area contributed by atoms with Crippen molar-refractivity contribution in [2.24, 2.45) is 5.92 Å². The van der Waals surface area contributed by atoms with Gasteiger partial charge < -0.3 is 9.47 Å². The average molecular weight is 336 g/mol. The first-order valence-electron chi connectivity index (χ1n) is 6.15. The fraction of sp³-hybridized carbons (Fsp3) is 0.571. The highest BCUT2D eigenvalue weighted by Gasteiger charge is 2.23. The summed E-state index contributed by atoms with van der Waals surface area (Å²) in [5.41, 5.74) is 1.08. The third-order valence-electron chi connectivity index (χ3n) is 3.28. The molecule has 4 heteroatoms. The van der Waals surface area contributed by atoms with Crippen LogP contribution >= 0.6 is 27.5 Å². The highest BCUT2D eigenvalue weighted by Crippen LogP contribution is 2.45. The van der Waals surface area contributed by atoms with Crippen molar-refractivity contribution in [3.63, 3.8) is 0 Å². The lowest BCUT2D eigenvalue weighted by Gasteiger charge is -2.23. The zero-order valence-corrected chi connectivity index (χ0v) is 13.6. The van der Waals surface area contributed by atoms with Gasteiger partial charge in [-0.3, -0.25) is 0 Å². The molecule has 1 aromatic rings. The maximum atomic E-state index is 6.28. The van der Waals surface area contributed by atoms with E-state index in [1.54, 1.807) is 14.2 Å². The van der Waals surface area contributed by atoms with Crippen LogP contribution in [0.4, 0.5) is 0 Å². The predicted octanol–water partition coefficient (Wildman–Crippen LogP) is 5.23. The van der Waals surface area contributed by atoms with E-state index in [1.165, 1.54) is 0 Å². The van der Waals surface area contributed by atoms with Crippen LogP contribution < -0.4 is 9.47 Å². The number of rotatable bonds is 6. The Hall–Kier alpha value is -0.410. The Kier molecular flexibility index (Phi) is 6.30. The normalized spacial score (nSPS) is 12.6. The zero-order chi connectivity index (χ0) is 13.7. The second kappa shape index (κ2) is 7.25. The highest BCUT2D eigenvalue weighted by molar-refractivity contribution is 9.09. The van der Waals surface area contributed by atoms with Gasteiger partial charge in [0.05, 0.1) is 14.2 Å². The number of hydrogen-bond acceptors (Lipinski definition) is 2. The minimum absolute atomic E-state index is 0.242. The maximum absolute atomic E-state index is 6.28. The Morgan fingerprint density at radius 3 is 2.22 bits per heavy atom. The molecule has 1 aromatic carbocycles. The Morgan fingerprint density at radius 2 is 1.78 bits per heavy atom. The first-order valence-corrected chi connectivity index (χ1v) is 7.44. The van der Waals surface area contributed by atoms with Crippen molar-refractivity contribution in [2.45, 2.75) is 31.5 Å². The molecule has 0 heterocycles. The van der Waals surface area contributed by atoms with Crippen molar-refractivity contribution >= 4 is 27.5 Å². The molecule has 0 bridgehead atoms. The van der Waals surface area contributed by atoms with E-state index >= 15 is 0 Å². The molecule has 1 atom stereocenters. The minimum atomic E-state index is 0.242. The maximum Gasteiger partial charge on any atom is 0.145 e. The molecule has 1 unspecified atom stereocenters. The molecular formula is C14H20BrClO2. The molecule has 0 aromatic heterocycles. The summed E-state index contributed by atoms with van der Waals surface area (Å²) in [5.74, 6) is 1.90. The van der Waals surface area contributed by atoms with Crippen LogP contribution in [0.25, 0.3) is 0 Å². The summed E-state index contributed by atoms with van der Waals surface area (Å²) in [4.78, 5) is 0.242. The number of methoxy groups -OCH3 is 2. The average Bonchev–Trinajstić information content (AvgIpc) is 2.39. The molecule has 102 valence electrons. The molecule has 0 fully saturated rings. The lowest BCUT2D eigenvalue weighted by Crippen LogP contribution is -2.07. The molecule has 18 heavy (non-hydrogen) atoms. The van der Waals surface area contributed by atoms with E-state index in [4.69, 9.17) is 21.1 Å². The molecule has 2 nitrogen and oxygen atoms in total. The zero-order valence-electron chi connectivity index (χ0n) is 11.3. The lowest BCUT2D eigenvalue weighted by molar-refractivity contribution is 0.386. The van der Waals surface area contributed by atoms with Gasteiger partial charge in [-0.15, -0.1) is 0 Å². The molecule has 0 N–H and O–H groups in total. The monoisotopic (exact) mass is 334 g/mol. The third-order valence-corrected chi connectivity index (χ3v) is 4.87. The number of benzene rings is 1. The lowest BCUT2D eigenvalue weighted by atomic mass is 9.94. The molecule has 1 rings (SSSR count). The van der Waals surface area contributed by atoms with Crippen molar-refractivity contribution in [3.05, 3.63) is 22.7 Å². The third kappa shape index (κ3) is 3.12. The van der Waals surface area contributed by atoms with Gasteiger partial charge in [0.2, 0.25) is 0 Å². The standard InChI is InChI=1S/C14H20BrClO2/c1-5-9(6-2)12(15)10-7-8-11(17-3)13(16)14(10)18-4/h7-9,12H,5-6H2,1-4H3. The van der Waals surface area contributed by atoms with Crippen molar-refractivity contribution < 1.29 is 9.47 Å². The molecule has 0 saturated carbocycles. The summed E-state index contributed by atoms with van der Waals surface area (Å²) in [7, 11) is 3.24. The smallest absolute Gasteiger partial charge is 0.145 e. The van der Waals surface area contributed by atoms with Crippen LogP contribution in [0.2, 0.25) is 5.02 Å². The van der Waals surface area contributed by atoms with Gasteiger partial charge in [-0.05, 0) is 12.0 Å². The summed E-state index contributed by atoms with van der Waals surface area (Å²) >= 11 is 10.0. The van der Waals surface area contributed by atoms with E-state index in [1.807, 2.05) is 12.1 Å². The summed E-state index contributed by atoms with van der Waals surface area (Å²) in [6.07, 6.45) is 2.22. The molecule has 0 spiro atoms. The van der Waals surface area contributed by atoms with Crippen molar-refractivity contribution in [1.82, 2.24) is 0 Å². The quantitative estimate of drug-likeness (QED) is 0.663. The van der Waals surface area contributed by atoms with Crippen LogP contribution in [0, 0.1) is 5.92 Å². The van der Waals surface area contributed by atoms with Gasteiger partial charge in [0.25, 0.3) is 0 Å². The van der Waals surface area contributed by atoms with Crippen LogP contribution in [0.3, 0.4) is 0 Å². The van der Waals surface area contributed by atoms with Crippen molar-refractivity contribution in [1.29, 1.82) is 0 Å². The van der Waals surface area contributed by atoms with Gasteiger partial charge in [-0.25, -0.2) is 0 Å². The molecule has 0 aliphatic rings. The molecule has 0 radical (unpaired) electrons. The van der Waals surface area contributed by atoms with Crippen LogP contribution in [0.15, 0.2) is 12.1 Å². The SMILES string of the molecule is CCC(CC)C(Br)c1ccc(OC)c(Cl)c1OC. The van der Waals surface area contributed by atoms with Crippen LogP contribution in [-0.4, -0.2) is 14.2 Å². The summed E-state index contributed by atoms with van der Waals surface area (Å²) in [6.45, 7) is 4.39. The Morgan fingerprint density at radius 1 is 1.17 bits per heavy atom. The van der Waals surface area contributed by atoms with E-state index in [-0.39, 0.29) is 4.83 Å². The van der Waals surface area contributed by atoms with Crippen LogP contribution in [0.5, 0.6) is 11.5 Å². The molecule has 0 amide bonds. The van der Waals surface area contributed by atoms with E-state index in [0.29, 0.717) is 22.4 Å². The van der Waals surface area contributed by atoms with Crippen molar-refractivity contribution in [3.8, 4) is 11.5 Å². The van der Waals surface area contributed by atoms with Gasteiger partial charge in [-0.1, -0.05) is 60.3 Å². The van der Waals surface area contributed by atoms with Gasteiger partial charge in [0.1, 0.15) is 16.5 Å². The van der Waals surface area contributed by atoms with Gasteiger partial charge in [-0.2, -0.15) is 0 Å². The number of halogens is 2. The van der Waals surface area contributed by atoms with E-state index in [9.17, 15) is 0 Å². The number of alkyl halides is 1. The van der Waals surface area contributed by atoms with Gasteiger partial charge >= 0.3 is 0 Å². The van der Waals surface area contributed by atoms with Gasteiger partial charge in [0.15, 0.2) is 0 Å². The topological polar surface area (TPSA) is 18.5 Å². The first kappa shape index (κ1) is 15.6.